The van der Waals surface area contributed by atoms with E-state index in [0.29, 0.717) is 41.8 Å². The molecule has 6 unspecified atom stereocenters. The Hall–Kier alpha value is -5.45. The van der Waals surface area contributed by atoms with E-state index in [1.54, 1.807) is 24.3 Å². The van der Waals surface area contributed by atoms with Gasteiger partial charge in [-0.3, -0.25) is 34.3 Å². The van der Waals surface area contributed by atoms with Gasteiger partial charge >= 0.3 is 5.97 Å². The fraction of sp³-hybridized carbons (Fsp3) is 0.375. The average molecular weight is 692 g/mol. The number of nitrogens with zero attached hydrogens (tertiary/aromatic N) is 2. The number of unbranched alkanes of at least 4 members (excludes halogenated alkanes) is 2. The van der Waals surface area contributed by atoms with Gasteiger partial charge in [-0.2, -0.15) is 5.01 Å². The highest BCUT2D eigenvalue weighted by atomic mass is 16.5. The Balaban J connectivity index is 1.36. The molecule has 4 aliphatic rings. The van der Waals surface area contributed by atoms with Crippen LogP contribution in [0.1, 0.15) is 61.1 Å². The molecule has 4 amide bonds. The van der Waals surface area contributed by atoms with E-state index in [1.165, 1.54) is 18.1 Å². The van der Waals surface area contributed by atoms with Crippen molar-refractivity contribution in [2.75, 3.05) is 19.1 Å². The van der Waals surface area contributed by atoms with Crippen molar-refractivity contribution in [1.82, 2.24) is 9.91 Å². The van der Waals surface area contributed by atoms with E-state index in [9.17, 15) is 24.3 Å². The summed E-state index contributed by atoms with van der Waals surface area (Å²) in [4.78, 5) is 70.4. The molecule has 11 nitrogen and oxygen atoms in total. The second kappa shape index (κ2) is 13.4. The van der Waals surface area contributed by atoms with Crippen molar-refractivity contribution < 1.29 is 38.9 Å². The van der Waals surface area contributed by atoms with Crippen LogP contribution < -0.4 is 10.2 Å². The number of nitrogens with one attached hydrogen (secondary N) is 1. The minimum absolute atomic E-state index is 0.0206. The fourth-order valence-corrected chi connectivity index (χ4v) is 9.07. The van der Waals surface area contributed by atoms with E-state index in [-0.39, 0.29) is 43.4 Å². The number of amides is 4. The fourth-order valence-electron chi connectivity index (χ4n) is 9.07. The Kier molecular flexibility index (Phi) is 8.91. The molecular weight excluding hydrogens is 650 g/mol. The predicted molar refractivity (Wildman–Crippen MR) is 186 cm³/mol. The van der Waals surface area contributed by atoms with Gasteiger partial charge in [-0.15, -0.1) is 0 Å². The van der Waals surface area contributed by atoms with Gasteiger partial charge in [0.15, 0.2) is 0 Å². The second-order valence-electron chi connectivity index (χ2n) is 14.0. The quantitative estimate of drug-likeness (QED) is 0.137. The Morgan fingerprint density at radius 3 is 2.35 bits per heavy atom. The summed E-state index contributed by atoms with van der Waals surface area (Å²) in [6.45, 7) is 2.13. The molecule has 0 spiro atoms. The number of anilines is 1. The maximum absolute atomic E-state index is 15.2. The average Bonchev–Trinajstić information content (AvgIpc) is 3.49. The lowest BCUT2D eigenvalue weighted by molar-refractivity contribution is -0.141. The zero-order valence-corrected chi connectivity index (χ0v) is 28.6. The van der Waals surface area contributed by atoms with Gasteiger partial charge in [0.05, 0.1) is 36.0 Å². The number of imide groups is 2. The maximum Gasteiger partial charge on any atom is 0.303 e. The maximum atomic E-state index is 15.2. The number of aryl methyl sites for hydroxylation is 1. The molecular formula is C40H41N3O8. The van der Waals surface area contributed by atoms with Gasteiger partial charge < -0.3 is 14.9 Å². The number of fused-ring (bicyclic) bond motifs is 4. The van der Waals surface area contributed by atoms with Gasteiger partial charge in [0.25, 0.3) is 11.8 Å². The largest absolute Gasteiger partial charge is 0.508 e. The first-order valence-corrected chi connectivity index (χ1v) is 17.5. The molecule has 0 aromatic heterocycles. The molecule has 3 fully saturated rings. The van der Waals surface area contributed by atoms with Crippen LogP contribution in [0.4, 0.5) is 5.69 Å². The van der Waals surface area contributed by atoms with Gasteiger partial charge in [0, 0.05) is 24.4 Å². The number of allylic oxidation sites excluding steroid dienone is 2. The van der Waals surface area contributed by atoms with Gasteiger partial charge in [0.2, 0.25) is 11.8 Å². The number of benzene rings is 3. The number of hydrogen-bond acceptors (Lipinski definition) is 8. The number of phenols is 1. The SMILES string of the molecule is COc1cccc(O)c1C1C2=CCC3C(=O)N(CCCCCC(=O)O)C(=O)C3C2CC2C(=O)N(Nc3ccc(C)cc3)C(=O)C21c1ccccc1. The number of carboxylic acid groups (broad SMARTS) is 1. The molecule has 3 aromatic rings. The lowest BCUT2D eigenvalue weighted by atomic mass is 9.49. The molecule has 2 heterocycles. The molecule has 2 aliphatic heterocycles. The third-order valence-electron chi connectivity index (χ3n) is 11.3. The van der Waals surface area contributed by atoms with E-state index >= 15 is 4.79 Å². The Morgan fingerprint density at radius 1 is 0.902 bits per heavy atom. The first-order valence-electron chi connectivity index (χ1n) is 17.5. The van der Waals surface area contributed by atoms with Gasteiger partial charge in [-0.1, -0.05) is 72.2 Å². The molecule has 3 aromatic carbocycles. The summed E-state index contributed by atoms with van der Waals surface area (Å²) < 4.78 is 5.83. The van der Waals surface area contributed by atoms with Crippen LogP contribution in [0.2, 0.25) is 0 Å². The summed E-state index contributed by atoms with van der Waals surface area (Å²) in [6.07, 6.45) is 3.85. The number of carbonyl (C=O) groups excluding carboxylic acids is 4. The first-order chi connectivity index (χ1) is 24.6. The van der Waals surface area contributed by atoms with Crippen LogP contribution >= 0.6 is 0 Å². The number of ether oxygens (including phenoxy) is 1. The molecule has 2 aliphatic carbocycles. The molecule has 51 heavy (non-hydrogen) atoms. The van der Waals surface area contributed by atoms with Crippen LogP contribution in [-0.4, -0.2) is 63.4 Å². The number of hydrogen-bond donors (Lipinski definition) is 3. The van der Waals surface area contributed by atoms with Gasteiger partial charge in [0.1, 0.15) is 11.5 Å². The van der Waals surface area contributed by atoms with Crippen LogP contribution in [0.15, 0.2) is 84.4 Å². The van der Waals surface area contributed by atoms with E-state index < -0.39 is 52.8 Å². The lowest BCUT2D eigenvalue weighted by Crippen LogP contribution is -2.53. The van der Waals surface area contributed by atoms with Crippen molar-refractivity contribution in [2.45, 2.75) is 56.8 Å². The highest BCUT2D eigenvalue weighted by molar-refractivity contribution is 6.13. The normalized spacial score (nSPS) is 26.8. The van der Waals surface area contributed by atoms with Crippen LogP contribution in [0.3, 0.4) is 0 Å². The third kappa shape index (κ3) is 5.46. The molecule has 0 bridgehead atoms. The summed E-state index contributed by atoms with van der Waals surface area (Å²) in [7, 11) is 1.48. The minimum atomic E-state index is -1.53. The molecule has 0 radical (unpaired) electrons. The predicted octanol–water partition coefficient (Wildman–Crippen LogP) is 5.34. The van der Waals surface area contributed by atoms with E-state index in [1.807, 2.05) is 55.5 Å². The number of aromatic hydroxyl groups is 1. The Morgan fingerprint density at radius 2 is 1.65 bits per heavy atom. The summed E-state index contributed by atoms with van der Waals surface area (Å²) in [5, 5.41) is 21.7. The van der Waals surface area contributed by atoms with Crippen molar-refractivity contribution in [3.8, 4) is 11.5 Å². The van der Waals surface area contributed by atoms with Crippen LogP contribution in [0, 0.1) is 30.6 Å². The topological polar surface area (TPSA) is 154 Å². The zero-order valence-electron chi connectivity index (χ0n) is 28.6. The van der Waals surface area contributed by atoms with Crippen LogP contribution in [0.25, 0.3) is 0 Å². The van der Waals surface area contributed by atoms with Crippen molar-refractivity contribution in [2.24, 2.45) is 23.7 Å². The number of rotatable bonds is 11. The minimum Gasteiger partial charge on any atom is -0.508 e. The molecule has 2 saturated heterocycles. The van der Waals surface area contributed by atoms with Crippen molar-refractivity contribution in [3.63, 3.8) is 0 Å². The smallest absolute Gasteiger partial charge is 0.303 e. The molecule has 6 atom stereocenters. The Bertz CT molecular complexity index is 1930. The first kappa shape index (κ1) is 34.0. The summed E-state index contributed by atoms with van der Waals surface area (Å²) in [5.41, 5.74) is 4.76. The van der Waals surface area contributed by atoms with Crippen molar-refractivity contribution in [1.29, 1.82) is 0 Å². The van der Waals surface area contributed by atoms with Gasteiger partial charge in [-0.25, -0.2) is 0 Å². The molecule has 7 rings (SSSR count). The summed E-state index contributed by atoms with van der Waals surface area (Å²) >= 11 is 0. The zero-order chi connectivity index (χ0) is 36.0. The Labute approximate surface area is 295 Å². The summed E-state index contributed by atoms with van der Waals surface area (Å²) in [5.74, 6) is -6.06. The molecule has 264 valence electrons. The number of hydrazine groups is 1. The van der Waals surface area contributed by atoms with Crippen LogP contribution in [-0.2, 0) is 29.4 Å². The number of carbonyl (C=O) groups is 5. The van der Waals surface area contributed by atoms with E-state index in [0.717, 1.165) is 16.1 Å². The molecule has 1 saturated carbocycles. The van der Waals surface area contributed by atoms with Crippen molar-refractivity contribution in [3.05, 3.63) is 101 Å². The number of likely N-dealkylation sites (tertiary alicyclic amines) is 1. The van der Waals surface area contributed by atoms with Crippen LogP contribution in [0.5, 0.6) is 11.5 Å². The van der Waals surface area contributed by atoms with Gasteiger partial charge in [-0.05, 0) is 68.4 Å². The molecule has 11 heteroatoms. The summed E-state index contributed by atoms with van der Waals surface area (Å²) in [6, 6.07) is 21.4. The number of aliphatic carboxylic acids is 1. The third-order valence-corrected chi connectivity index (χ3v) is 11.3. The standard InChI is InChI=1S/C40H41N3O8/c1-23-15-17-25(18-16-23)41-43-37(48)29-22-28-26(19-20-27-33(28)38(49)42(36(27)47)21-8-4-7-14-32(45)46)35(34-30(44)12-9-13-31(34)51-2)40(29,39(43)50)24-10-5-3-6-11-24/h3,5-6,9-13,15-19,27-29,33,35,41,44H,4,7-8,14,20-22H2,1-2H3,(H,45,46). The highest BCUT2D eigenvalue weighted by Crippen LogP contribution is 2.65. The monoisotopic (exact) mass is 691 g/mol. The lowest BCUT2D eigenvalue weighted by Gasteiger charge is -2.50. The number of phenolic OH excluding ortho intramolecular Hbond substituents is 1. The highest BCUT2D eigenvalue weighted by Gasteiger charge is 2.71. The number of carboxylic acids is 1. The van der Waals surface area contributed by atoms with Crippen molar-refractivity contribution >= 4 is 35.3 Å². The molecule has 3 N–H and O–H groups in total. The second-order valence-corrected chi connectivity index (χ2v) is 14.0. The van der Waals surface area contributed by atoms with E-state index in [4.69, 9.17) is 9.84 Å². The number of methoxy groups -OCH3 is 1. The van der Waals surface area contributed by atoms with E-state index in [2.05, 4.69) is 5.43 Å².